The number of hydrogen-bond donors (Lipinski definition) is 1. The Balaban J connectivity index is 1.39. The lowest BCUT2D eigenvalue weighted by molar-refractivity contribution is 0.175. The van der Waals surface area contributed by atoms with Gasteiger partial charge in [0.1, 0.15) is 21.9 Å². The summed E-state index contributed by atoms with van der Waals surface area (Å²) in [7, 11) is 0. The van der Waals surface area contributed by atoms with Gasteiger partial charge in [0, 0.05) is 29.9 Å². The van der Waals surface area contributed by atoms with Crippen molar-refractivity contribution in [2.45, 2.75) is 52.5 Å². The SMILES string of the molecule is CCC1CCN(Cc2ccn3ncnc(Nc4cccc(-c5nnc(C(C)C)s5)c4)c23)CC1. The van der Waals surface area contributed by atoms with Gasteiger partial charge in [0.05, 0.1) is 0 Å². The van der Waals surface area contributed by atoms with E-state index in [1.165, 1.54) is 24.8 Å². The minimum atomic E-state index is 0.382. The maximum Gasteiger partial charge on any atom is 0.158 e. The van der Waals surface area contributed by atoms with Crippen molar-refractivity contribution < 1.29 is 0 Å². The smallest absolute Gasteiger partial charge is 0.158 e. The van der Waals surface area contributed by atoms with Crippen molar-refractivity contribution in [3.63, 3.8) is 0 Å². The van der Waals surface area contributed by atoms with Crippen molar-refractivity contribution >= 4 is 28.4 Å². The van der Waals surface area contributed by atoms with Crippen LogP contribution < -0.4 is 5.32 Å². The van der Waals surface area contributed by atoms with Crippen LogP contribution in [0.1, 0.15) is 56.5 Å². The number of fused-ring (bicyclic) bond motifs is 1. The Labute approximate surface area is 198 Å². The molecule has 1 saturated heterocycles. The van der Waals surface area contributed by atoms with Gasteiger partial charge < -0.3 is 5.32 Å². The predicted octanol–water partition coefficient (Wildman–Crippen LogP) is 5.74. The number of anilines is 2. The maximum atomic E-state index is 4.60. The molecule has 172 valence electrons. The molecule has 0 spiro atoms. The third kappa shape index (κ3) is 4.77. The average molecular weight is 462 g/mol. The molecule has 0 saturated carbocycles. The first kappa shape index (κ1) is 22.0. The molecule has 5 rings (SSSR count). The van der Waals surface area contributed by atoms with Crippen LogP contribution in [-0.4, -0.2) is 42.8 Å². The molecule has 1 aromatic carbocycles. The van der Waals surface area contributed by atoms with Crippen LogP contribution in [0.15, 0.2) is 42.9 Å². The fourth-order valence-electron chi connectivity index (χ4n) is 4.48. The van der Waals surface area contributed by atoms with E-state index in [9.17, 15) is 0 Å². The predicted molar refractivity (Wildman–Crippen MR) is 134 cm³/mol. The van der Waals surface area contributed by atoms with Crippen LogP contribution in [0.3, 0.4) is 0 Å². The summed E-state index contributed by atoms with van der Waals surface area (Å²) in [5, 5.41) is 18.7. The Bertz CT molecular complexity index is 1220. The molecule has 0 bridgehead atoms. The zero-order valence-corrected chi connectivity index (χ0v) is 20.3. The number of benzene rings is 1. The lowest BCUT2D eigenvalue weighted by atomic mass is 9.94. The lowest BCUT2D eigenvalue weighted by Gasteiger charge is -2.31. The van der Waals surface area contributed by atoms with Crippen molar-refractivity contribution in [1.29, 1.82) is 0 Å². The summed E-state index contributed by atoms with van der Waals surface area (Å²) in [6, 6.07) is 10.5. The molecule has 0 amide bonds. The Morgan fingerprint density at radius 3 is 2.76 bits per heavy atom. The number of piperidine rings is 1. The molecule has 7 nitrogen and oxygen atoms in total. The Hall–Kier alpha value is -2.84. The first-order valence-corrected chi connectivity index (χ1v) is 12.7. The fraction of sp³-hybridized carbons (Fsp3) is 0.440. The first-order valence-electron chi connectivity index (χ1n) is 11.8. The summed E-state index contributed by atoms with van der Waals surface area (Å²) in [4.78, 5) is 7.15. The van der Waals surface area contributed by atoms with Crippen molar-refractivity contribution in [3.05, 3.63) is 53.4 Å². The maximum absolute atomic E-state index is 4.60. The Morgan fingerprint density at radius 1 is 1.15 bits per heavy atom. The number of nitrogens with one attached hydrogen (secondary N) is 1. The molecule has 1 N–H and O–H groups in total. The van der Waals surface area contributed by atoms with Gasteiger partial charge in [0.25, 0.3) is 0 Å². The van der Waals surface area contributed by atoms with E-state index < -0.39 is 0 Å². The van der Waals surface area contributed by atoms with Crippen LogP contribution in [0.4, 0.5) is 11.5 Å². The Kier molecular flexibility index (Phi) is 6.37. The molecule has 33 heavy (non-hydrogen) atoms. The molecule has 1 aliphatic heterocycles. The molecule has 0 atom stereocenters. The van der Waals surface area contributed by atoms with Gasteiger partial charge in [0.15, 0.2) is 5.82 Å². The van der Waals surface area contributed by atoms with Gasteiger partial charge in [-0.15, -0.1) is 10.2 Å². The molecule has 0 radical (unpaired) electrons. The van der Waals surface area contributed by atoms with Crippen LogP contribution in [0, 0.1) is 5.92 Å². The second kappa shape index (κ2) is 9.57. The van der Waals surface area contributed by atoms with E-state index >= 15 is 0 Å². The zero-order chi connectivity index (χ0) is 22.8. The number of rotatable bonds is 7. The highest BCUT2D eigenvalue weighted by Crippen LogP contribution is 2.31. The van der Waals surface area contributed by atoms with Crippen LogP contribution >= 0.6 is 11.3 Å². The number of hydrogen-bond acceptors (Lipinski definition) is 7. The second-order valence-corrected chi connectivity index (χ2v) is 10.2. The highest BCUT2D eigenvalue weighted by molar-refractivity contribution is 7.14. The largest absolute Gasteiger partial charge is 0.338 e. The van der Waals surface area contributed by atoms with Gasteiger partial charge in [-0.2, -0.15) is 5.10 Å². The van der Waals surface area contributed by atoms with E-state index in [0.717, 1.165) is 58.2 Å². The lowest BCUT2D eigenvalue weighted by Crippen LogP contribution is -2.33. The molecule has 0 aliphatic carbocycles. The van der Waals surface area contributed by atoms with E-state index in [4.69, 9.17) is 0 Å². The molecule has 4 heterocycles. The average Bonchev–Trinajstić information content (AvgIpc) is 3.49. The summed E-state index contributed by atoms with van der Waals surface area (Å²) < 4.78 is 1.92. The molecule has 0 unspecified atom stereocenters. The third-order valence-electron chi connectivity index (χ3n) is 6.52. The minimum Gasteiger partial charge on any atom is -0.338 e. The van der Waals surface area contributed by atoms with Gasteiger partial charge in [-0.05, 0) is 55.6 Å². The summed E-state index contributed by atoms with van der Waals surface area (Å²) in [6.07, 6.45) is 7.51. The quantitative estimate of drug-likeness (QED) is 0.379. The molecule has 4 aromatic rings. The van der Waals surface area contributed by atoms with Crippen LogP contribution in [0.5, 0.6) is 0 Å². The highest BCUT2D eigenvalue weighted by Gasteiger charge is 2.20. The normalized spacial score (nSPS) is 15.5. The standard InChI is InChI=1S/C25H31N7S/c1-4-18-8-11-31(12-9-18)15-20-10-13-32-22(20)23(26-16-27-32)28-21-7-5-6-19(14-21)25-30-29-24(33-25)17(2)3/h5-7,10,13-14,16-18H,4,8-9,11-12,15H2,1-3H3,(H,26,27,28). The topological polar surface area (TPSA) is 71.2 Å². The summed E-state index contributed by atoms with van der Waals surface area (Å²) >= 11 is 1.65. The molecular formula is C25H31N7S. The van der Waals surface area contributed by atoms with Crippen molar-refractivity contribution in [2.24, 2.45) is 5.92 Å². The monoisotopic (exact) mass is 461 g/mol. The van der Waals surface area contributed by atoms with E-state index in [0.29, 0.717) is 5.92 Å². The molecular weight excluding hydrogens is 430 g/mol. The van der Waals surface area contributed by atoms with Gasteiger partial charge >= 0.3 is 0 Å². The fourth-order valence-corrected chi connectivity index (χ4v) is 5.32. The van der Waals surface area contributed by atoms with E-state index in [1.54, 1.807) is 17.7 Å². The van der Waals surface area contributed by atoms with Crippen LogP contribution in [0.25, 0.3) is 16.1 Å². The molecule has 1 aliphatic rings. The first-order chi connectivity index (χ1) is 16.1. The minimum absolute atomic E-state index is 0.382. The van der Waals surface area contributed by atoms with Gasteiger partial charge in [-0.1, -0.05) is 50.7 Å². The second-order valence-electron chi connectivity index (χ2n) is 9.18. The van der Waals surface area contributed by atoms with Gasteiger partial charge in [0.2, 0.25) is 0 Å². The summed E-state index contributed by atoms with van der Waals surface area (Å²) in [5.41, 5.74) is 4.34. The molecule has 1 fully saturated rings. The zero-order valence-electron chi connectivity index (χ0n) is 19.5. The van der Waals surface area contributed by atoms with Crippen LogP contribution in [-0.2, 0) is 6.54 Å². The molecule has 3 aromatic heterocycles. The number of nitrogens with zero attached hydrogens (tertiary/aromatic N) is 6. The van der Waals surface area contributed by atoms with Crippen molar-refractivity contribution in [3.8, 4) is 10.6 Å². The van der Waals surface area contributed by atoms with Crippen molar-refractivity contribution in [2.75, 3.05) is 18.4 Å². The summed E-state index contributed by atoms with van der Waals surface area (Å²) in [5.74, 6) is 2.09. The van der Waals surface area contributed by atoms with E-state index in [1.807, 2.05) is 16.8 Å². The number of aromatic nitrogens is 5. The summed E-state index contributed by atoms with van der Waals surface area (Å²) in [6.45, 7) is 9.84. The Morgan fingerprint density at radius 2 is 2.00 bits per heavy atom. The highest BCUT2D eigenvalue weighted by atomic mass is 32.1. The van der Waals surface area contributed by atoms with Gasteiger partial charge in [-0.3, -0.25) is 4.90 Å². The van der Waals surface area contributed by atoms with Gasteiger partial charge in [-0.25, -0.2) is 9.50 Å². The van der Waals surface area contributed by atoms with Crippen LogP contribution in [0.2, 0.25) is 0 Å². The molecule has 8 heteroatoms. The van der Waals surface area contributed by atoms with E-state index in [-0.39, 0.29) is 0 Å². The van der Waals surface area contributed by atoms with E-state index in [2.05, 4.69) is 75.5 Å². The third-order valence-corrected chi connectivity index (χ3v) is 7.80. The number of likely N-dealkylation sites (tertiary alicyclic amines) is 1. The van der Waals surface area contributed by atoms with Crippen molar-refractivity contribution in [1.82, 2.24) is 29.7 Å².